The molecule has 100 valence electrons. The van der Waals surface area contributed by atoms with E-state index >= 15 is 0 Å². The van der Waals surface area contributed by atoms with Crippen molar-refractivity contribution in [1.29, 1.82) is 0 Å². The summed E-state index contributed by atoms with van der Waals surface area (Å²) in [7, 11) is 0. The van der Waals surface area contributed by atoms with Gasteiger partial charge in [0.25, 0.3) is 0 Å². The Morgan fingerprint density at radius 3 is 2.55 bits per heavy atom. The molecule has 0 radical (unpaired) electrons. The molecule has 6 nitrogen and oxygen atoms in total. The van der Waals surface area contributed by atoms with Crippen LogP contribution in [0.15, 0.2) is 48.8 Å². The third-order valence-electron chi connectivity index (χ3n) is 2.81. The quantitative estimate of drug-likeness (QED) is 0.539. The SMILES string of the molecule is CC(=O)Nc1cc2c(=O)oc3ccccc3c2oc1=O. The van der Waals surface area contributed by atoms with Gasteiger partial charge in [0.1, 0.15) is 16.7 Å². The standard InChI is InChI=1S/C14H9NO5/c1-7(16)15-10-6-9-12(20-14(10)18)8-4-2-3-5-11(8)19-13(9)17/h2-6H,1H3,(H,15,16). The van der Waals surface area contributed by atoms with Crippen LogP contribution in [0.1, 0.15) is 6.92 Å². The van der Waals surface area contributed by atoms with Crippen LogP contribution in [0.25, 0.3) is 21.9 Å². The highest BCUT2D eigenvalue weighted by molar-refractivity contribution is 6.01. The highest BCUT2D eigenvalue weighted by Crippen LogP contribution is 2.22. The van der Waals surface area contributed by atoms with Gasteiger partial charge in [0, 0.05) is 6.92 Å². The Balaban J connectivity index is 2.45. The summed E-state index contributed by atoms with van der Waals surface area (Å²) in [5.41, 5.74) is -0.957. The Labute approximate surface area is 111 Å². The second-order valence-corrected chi connectivity index (χ2v) is 4.26. The average molecular weight is 271 g/mol. The molecule has 0 saturated carbocycles. The minimum atomic E-state index is -0.719. The van der Waals surface area contributed by atoms with E-state index in [4.69, 9.17) is 8.83 Å². The molecule has 0 aliphatic carbocycles. The molecule has 0 fully saturated rings. The van der Waals surface area contributed by atoms with Gasteiger partial charge in [0.2, 0.25) is 5.91 Å². The fourth-order valence-electron chi connectivity index (χ4n) is 2.00. The predicted octanol–water partition coefficient (Wildman–Crippen LogP) is 1.86. The summed E-state index contributed by atoms with van der Waals surface area (Å²) in [6, 6.07) is 8.00. The molecule has 2 aromatic heterocycles. The summed E-state index contributed by atoms with van der Waals surface area (Å²) in [5, 5.41) is 2.94. The molecule has 0 spiro atoms. The summed E-state index contributed by atoms with van der Waals surface area (Å²) >= 11 is 0. The van der Waals surface area contributed by atoms with Crippen LogP contribution in [0.2, 0.25) is 0 Å². The number of hydrogen-bond acceptors (Lipinski definition) is 5. The van der Waals surface area contributed by atoms with Crippen LogP contribution in [0.3, 0.4) is 0 Å². The highest BCUT2D eigenvalue weighted by atomic mass is 16.4. The molecule has 2 heterocycles. The number of rotatable bonds is 1. The number of amides is 1. The molecule has 0 unspecified atom stereocenters. The lowest BCUT2D eigenvalue weighted by molar-refractivity contribution is -0.114. The van der Waals surface area contributed by atoms with Gasteiger partial charge < -0.3 is 14.2 Å². The van der Waals surface area contributed by atoms with E-state index < -0.39 is 17.2 Å². The van der Waals surface area contributed by atoms with E-state index in [0.717, 1.165) is 0 Å². The van der Waals surface area contributed by atoms with Crippen molar-refractivity contribution in [2.75, 3.05) is 5.32 Å². The molecule has 3 aromatic rings. The average Bonchev–Trinajstić information content (AvgIpc) is 2.40. The largest absolute Gasteiger partial charge is 0.422 e. The molecule has 3 rings (SSSR count). The minimum absolute atomic E-state index is 0.0902. The first kappa shape index (κ1) is 12.2. The van der Waals surface area contributed by atoms with Crippen LogP contribution in [0.5, 0.6) is 0 Å². The van der Waals surface area contributed by atoms with Crippen molar-refractivity contribution in [3.8, 4) is 0 Å². The lowest BCUT2D eigenvalue weighted by Crippen LogP contribution is -2.15. The Bertz CT molecular complexity index is 951. The zero-order chi connectivity index (χ0) is 14.3. The van der Waals surface area contributed by atoms with Crippen LogP contribution in [-0.4, -0.2) is 5.91 Å². The minimum Gasteiger partial charge on any atom is -0.422 e. The third kappa shape index (κ3) is 1.87. The smallest absolute Gasteiger partial charge is 0.360 e. The summed E-state index contributed by atoms with van der Waals surface area (Å²) in [4.78, 5) is 34.7. The van der Waals surface area contributed by atoms with Crippen molar-refractivity contribution in [3.05, 3.63) is 51.2 Å². The lowest BCUT2D eigenvalue weighted by Gasteiger charge is -2.03. The van der Waals surface area contributed by atoms with Gasteiger partial charge >= 0.3 is 11.3 Å². The van der Waals surface area contributed by atoms with Crippen molar-refractivity contribution >= 4 is 33.5 Å². The van der Waals surface area contributed by atoms with E-state index in [1.165, 1.54) is 13.0 Å². The number of anilines is 1. The van der Waals surface area contributed by atoms with Gasteiger partial charge in [-0.2, -0.15) is 0 Å². The Kier molecular flexibility index (Phi) is 2.64. The molecule has 0 aliphatic rings. The summed E-state index contributed by atoms with van der Waals surface area (Å²) in [6.07, 6.45) is 0. The fourth-order valence-corrected chi connectivity index (χ4v) is 2.00. The number of carbonyl (C=O) groups excluding carboxylic acids is 1. The second-order valence-electron chi connectivity index (χ2n) is 4.26. The molecule has 0 atom stereocenters. The molecule has 20 heavy (non-hydrogen) atoms. The third-order valence-corrected chi connectivity index (χ3v) is 2.81. The molecular weight excluding hydrogens is 262 g/mol. The molecule has 6 heteroatoms. The lowest BCUT2D eigenvalue weighted by atomic mass is 10.2. The van der Waals surface area contributed by atoms with Gasteiger partial charge in [-0.05, 0) is 18.2 Å². The number of fused-ring (bicyclic) bond motifs is 3. The molecule has 0 bridgehead atoms. The van der Waals surface area contributed by atoms with Gasteiger partial charge in [-0.3, -0.25) is 4.79 Å². The van der Waals surface area contributed by atoms with Crippen LogP contribution in [-0.2, 0) is 4.79 Å². The number of benzene rings is 1. The summed E-state index contributed by atoms with van der Waals surface area (Å²) < 4.78 is 10.3. The van der Waals surface area contributed by atoms with Gasteiger partial charge in [-0.1, -0.05) is 12.1 Å². The maximum absolute atomic E-state index is 11.9. The van der Waals surface area contributed by atoms with Crippen molar-refractivity contribution < 1.29 is 13.6 Å². The van der Waals surface area contributed by atoms with E-state index in [1.54, 1.807) is 24.3 Å². The first-order chi connectivity index (χ1) is 9.56. The van der Waals surface area contributed by atoms with E-state index in [-0.39, 0.29) is 16.7 Å². The Morgan fingerprint density at radius 1 is 1.05 bits per heavy atom. The van der Waals surface area contributed by atoms with Gasteiger partial charge in [0.15, 0.2) is 5.58 Å². The van der Waals surface area contributed by atoms with E-state index in [9.17, 15) is 14.4 Å². The summed E-state index contributed by atoms with van der Waals surface area (Å²) in [6.45, 7) is 1.26. The first-order valence-electron chi connectivity index (χ1n) is 5.83. The van der Waals surface area contributed by atoms with E-state index in [1.807, 2.05) is 0 Å². The van der Waals surface area contributed by atoms with Crippen molar-refractivity contribution in [2.24, 2.45) is 0 Å². The normalized spacial score (nSPS) is 10.8. The van der Waals surface area contributed by atoms with Crippen LogP contribution in [0, 0.1) is 0 Å². The molecular formula is C14H9NO5. The zero-order valence-corrected chi connectivity index (χ0v) is 10.4. The number of para-hydroxylation sites is 1. The Morgan fingerprint density at radius 2 is 1.80 bits per heavy atom. The zero-order valence-electron chi connectivity index (χ0n) is 10.4. The Hall–Kier alpha value is -2.89. The maximum atomic E-state index is 11.9. The first-order valence-corrected chi connectivity index (χ1v) is 5.83. The van der Waals surface area contributed by atoms with Gasteiger partial charge in [-0.25, -0.2) is 9.59 Å². The molecule has 1 amide bonds. The number of nitrogens with one attached hydrogen (secondary N) is 1. The molecule has 1 aromatic carbocycles. The molecule has 0 aliphatic heterocycles. The summed E-state index contributed by atoms with van der Waals surface area (Å²) in [5.74, 6) is -0.429. The van der Waals surface area contributed by atoms with Crippen LogP contribution < -0.4 is 16.6 Å². The van der Waals surface area contributed by atoms with Gasteiger partial charge in [-0.15, -0.1) is 0 Å². The van der Waals surface area contributed by atoms with E-state index in [2.05, 4.69) is 5.32 Å². The van der Waals surface area contributed by atoms with E-state index in [0.29, 0.717) is 11.0 Å². The van der Waals surface area contributed by atoms with Crippen molar-refractivity contribution in [3.63, 3.8) is 0 Å². The molecule has 0 saturated heterocycles. The maximum Gasteiger partial charge on any atom is 0.360 e. The van der Waals surface area contributed by atoms with Gasteiger partial charge in [0.05, 0.1) is 5.39 Å². The van der Waals surface area contributed by atoms with Crippen LogP contribution >= 0.6 is 0 Å². The van der Waals surface area contributed by atoms with Crippen LogP contribution in [0.4, 0.5) is 5.69 Å². The van der Waals surface area contributed by atoms with Crippen molar-refractivity contribution in [1.82, 2.24) is 0 Å². The predicted molar refractivity (Wildman–Crippen MR) is 72.8 cm³/mol. The topological polar surface area (TPSA) is 89.5 Å². The van der Waals surface area contributed by atoms with Crippen molar-refractivity contribution in [2.45, 2.75) is 6.92 Å². The second kappa shape index (κ2) is 4.34. The number of carbonyl (C=O) groups is 1. The molecule has 1 N–H and O–H groups in total. The number of hydrogen-bond donors (Lipinski definition) is 1. The fraction of sp³-hybridized carbons (Fsp3) is 0.0714. The highest BCUT2D eigenvalue weighted by Gasteiger charge is 2.13. The monoisotopic (exact) mass is 271 g/mol.